The highest BCUT2D eigenvalue weighted by Crippen LogP contribution is 2.26. The fourth-order valence-electron chi connectivity index (χ4n) is 3.77. The van der Waals surface area contributed by atoms with Crippen LogP contribution in [0.4, 0.5) is 0 Å². The van der Waals surface area contributed by atoms with Crippen molar-refractivity contribution >= 4 is 17.8 Å². The molecule has 30 heavy (non-hydrogen) atoms. The quantitative estimate of drug-likeness (QED) is 0.671. The average molecular weight is 412 g/mol. The lowest BCUT2D eigenvalue weighted by Crippen LogP contribution is -2.51. The van der Waals surface area contributed by atoms with E-state index in [2.05, 4.69) is 0 Å². The molecule has 0 unspecified atom stereocenters. The number of furan rings is 1. The molecule has 0 radical (unpaired) electrons. The van der Waals surface area contributed by atoms with Gasteiger partial charge in [-0.1, -0.05) is 6.07 Å². The molecule has 2 aromatic rings. The maximum atomic E-state index is 12.3. The van der Waals surface area contributed by atoms with Crippen LogP contribution in [0.15, 0.2) is 41.0 Å². The summed E-state index contributed by atoms with van der Waals surface area (Å²) in [6, 6.07) is 9.12. The number of hydrogen-bond donors (Lipinski definition) is 0. The molecule has 1 aliphatic heterocycles. The highest BCUT2D eigenvalue weighted by molar-refractivity contribution is 5.91. The van der Waals surface area contributed by atoms with E-state index in [0.717, 1.165) is 19.3 Å². The second-order valence-electron chi connectivity index (χ2n) is 7.38. The van der Waals surface area contributed by atoms with Crippen molar-refractivity contribution in [3.8, 4) is 5.75 Å². The molecule has 1 aromatic carbocycles. The van der Waals surface area contributed by atoms with Crippen molar-refractivity contribution in [1.82, 2.24) is 9.80 Å². The van der Waals surface area contributed by atoms with Gasteiger partial charge in [0.15, 0.2) is 19.0 Å². The largest absolute Gasteiger partial charge is 0.482 e. The summed E-state index contributed by atoms with van der Waals surface area (Å²) in [5, 5.41) is 0. The smallest absolute Gasteiger partial charge is 0.344 e. The molecule has 1 saturated heterocycles. The lowest BCUT2D eigenvalue weighted by Gasteiger charge is -2.34. The third-order valence-electron chi connectivity index (χ3n) is 5.43. The summed E-state index contributed by atoms with van der Waals surface area (Å²) in [6.07, 6.45) is 4.72. The van der Waals surface area contributed by atoms with Crippen molar-refractivity contribution in [3.05, 3.63) is 53.5 Å². The van der Waals surface area contributed by atoms with Gasteiger partial charge in [-0.25, -0.2) is 4.79 Å². The summed E-state index contributed by atoms with van der Waals surface area (Å²) in [5.74, 6) is -0.146. The van der Waals surface area contributed by atoms with E-state index in [0.29, 0.717) is 31.9 Å². The van der Waals surface area contributed by atoms with E-state index in [9.17, 15) is 14.4 Å². The summed E-state index contributed by atoms with van der Waals surface area (Å²) in [6.45, 7) is 1.00. The Labute approximate surface area is 174 Å². The third kappa shape index (κ3) is 4.64. The zero-order valence-electron chi connectivity index (χ0n) is 16.7. The van der Waals surface area contributed by atoms with E-state index in [4.69, 9.17) is 13.9 Å². The van der Waals surface area contributed by atoms with E-state index in [-0.39, 0.29) is 30.8 Å². The molecule has 0 bridgehead atoms. The Morgan fingerprint density at radius 1 is 0.933 bits per heavy atom. The van der Waals surface area contributed by atoms with Gasteiger partial charge in [0.2, 0.25) is 0 Å². The highest BCUT2D eigenvalue weighted by Gasteiger charge is 2.26. The molecule has 0 spiro atoms. The minimum Gasteiger partial charge on any atom is -0.482 e. The Morgan fingerprint density at radius 2 is 1.70 bits per heavy atom. The van der Waals surface area contributed by atoms with Crippen LogP contribution < -0.4 is 4.74 Å². The molecule has 2 amide bonds. The van der Waals surface area contributed by atoms with Crippen molar-refractivity contribution in [2.75, 3.05) is 39.4 Å². The van der Waals surface area contributed by atoms with E-state index in [1.54, 1.807) is 21.9 Å². The molecule has 4 rings (SSSR count). The van der Waals surface area contributed by atoms with Crippen molar-refractivity contribution < 1.29 is 28.3 Å². The Kier molecular flexibility index (Phi) is 6.02. The van der Waals surface area contributed by atoms with Gasteiger partial charge in [0.25, 0.3) is 11.8 Å². The summed E-state index contributed by atoms with van der Waals surface area (Å²) in [5.41, 5.74) is 2.60. The van der Waals surface area contributed by atoms with Crippen molar-refractivity contribution in [2.24, 2.45) is 0 Å². The minimum atomic E-state index is -0.588. The van der Waals surface area contributed by atoms with Crippen molar-refractivity contribution in [3.63, 3.8) is 0 Å². The first-order valence-electron chi connectivity index (χ1n) is 10.1. The normalized spacial score (nSPS) is 15.6. The second kappa shape index (κ2) is 9.02. The first kappa shape index (κ1) is 20.0. The molecule has 2 aliphatic rings. The molecular weight excluding hydrogens is 388 g/mol. The summed E-state index contributed by atoms with van der Waals surface area (Å²) in [4.78, 5) is 39.7. The number of benzene rings is 1. The van der Waals surface area contributed by atoms with Crippen LogP contribution in [0.3, 0.4) is 0 Å². The number of hydrogen-bond acceptors (Lipinski definition) is 6. The predicted molar refractivity (Wildman–Crippen MR) is 106 cm³/mol. The number of piperazine rings is 1. The number of esters is 1. The average Bonchev–Trinajstić information content (AvgIpc) is 3.47. The van der Waals surface area contributed by atoms with Crippen LogP contribution in [0.25, 0.3) is 0 Å². The maximum Gasteiger partial charge on any atom is 0.344 e. The number of amides is 2. The standard InChI is InChI=1S/C22H24N2O6/c25-20(23-8-10-24(11-9-23)22(27)19-5-2-12-28-19)14-30-21(26)15-29-18-7-6-16-3-1-4-17(16)13-18/h2,5-7,12-13H,1,3-4,8-11,14-15H2. The number of fused-ring (bicyclic) bond motifs is 1. The van der Waals surface area contributed by atoms with Crippen LogP contribution in [0.5, 0.6) is 5.75 Å². The molecule has 8 nitrogen and oxygen atoms in total. The van der Waals surface area contributed by atoms with E-state index in [1.807, 2.05) is 18.2 Å². The van der Waals surface area contributed by atoms with Gasteiger partial charge in [0, 0.05) is 26.2 Å². The maximum absolute atomic E-state index is 12.3. The number of nitrogens with zero attached hydrogens (tertiary/aromatic N) is 2. The van der Waals surface area contributed by atoms with Crippen LogP contribution in [0.1, 0.15) is 28.1 Å². The predicted octanol–water partition coefficient (Wildman–Crippen LogP) is 1.67. The van der Waals surface area contributed by atoms with Gasteiger partial charge in [-0.3, -0.25) is 9.59 Å². The number of carbonyl (C=O) groups is 3. The minimum absolute atomic E-state index is 0.192. The molecule has 1 aromatic heterocycles. The first-order valence-corrected chi connectivity index (χ1v) is 10.1. The third-order valence-corrected chi connectivity index (χ3v) is 5.43. The summed E-state index contributed by atoms with van der Waals surface area (Å²) >= 11 is 0. The Morgan fingerprint density at radius 3 is 2.47 bits per heavy atom. The number of carbonyl (C=O) groups excluding carboxylic acids is 3. The van der Waals surface area contributed by atoms with Crippen molar-refractivity contribution in [1.29, 1.82) is 0 Å². The molecule has 2 heterocycles. The number of ether oxygens (including phenoxy) is 2. The molecule has 1 fully saturated rings. The van der Waals surface area contributed by atoms with Gasteiger partial charge < -0.3 is 23.7 Å². The second-order valence-corrected chi connectivity index (χ2v) is 7.38. The van der Waals surface area contributed by atoms with Crippen molar-refractivity contribution in [2.45, 2.75) is 19.3 Å². The summed E-state index contributed by atoms with van der Waals surface area (Å²) < 4.78 is 15.7. The number of rotatable bonds is 6. The van der Waals surface area contributed by atoms with Crippen LogP contribution >= 0.6 is 0 Å². The van der Waals surface area contributed by atoms with Crippen LogP contribution in [0.2, 0.25) is 0 Å². The van der Waals surface area contributed by atoms with E-state index in [1.165, 1.54) is 17.4 Å². The van der Waals surface area contributed by atoms with Gasteiger partial charge in [-0.05, 0) is 54.7 Å². The van der Waals surface area contributed by atoms with E-state index >= 15 is 0 Å². The molecule has 8 heteroatoms. The number of aryl methyl sites for hydroxylation is 2. The van der Waals surface area contributed by atoms with Crippen LogP contribution in [0, 0.1) is 0 Å². The fraction of sp³-hybridized carbons (Fsp3) is 0.409. The zero-order valence-corrected chi connectivity index (χ0v) is 16.7. The molecule has 0 atom stereocenters. The fourth-order valence-corrected chi connectivity index (χ4v) is 3.77. The zero-order chi connectivity index (χ0) is 20.9. The van der Waals surface area contributed by atoms with Gasteiger partial charge >= 0.3 is 5.97 Å². The molecule has 0 N–H and O–H groups in total. The lowest BCUT2D eigenvalue weighted by atomic mass is 10.1. The SMILES string of the molecule is O=C(COc1ccc2c(c1)CCC2)OCC(=O)N1CCN(C(=O)c2ccco2)CC1. The van der Waals surface area contributed by atoms with Gasteiger partial charge in [0.1, 0.15) is 5.75 Å². The van der Waals surface area contributed by atoms with Crippen LogP contribution in [-0.4, -0.2) is 67.0 Å². The molecule has 0 saturated carbocycles. The Balaban J connectivity index is 1.17. The Hall–Kier alpha value is -3.29. The van der Waals surface area contributed by atoms with E-state index < -0.39 is 5.97 Å². The first-order chi connectivity index (χ1) is 14.6. The molecule has 158 valence electrons. The summed E-state index contributed by atoms with van der Waals surface area (Å²) in [7, 11) is 0. The van der Waals surface area contributed by atoms with Gasteiger partial charge in [0.05, 0.1) is 6.26 Å². The highest BCUT2D eigenvalue weighted by atomic mass is 16.6. The topological polar surface area (TPSA) is 89.3 Å². The lowest BCUT2D eigenvalue weighted by molar-refractivity contribution is -0.154. The molecular formula is C22H24N2O6. The van der Waals surface area contributed by atoms with Crippen LogP contribution in [-0.2, 0) is 27.2 Å². The monoisotopic (exact) mass is 412 g/mol. The Bertz CT molecular complexity index is 916. The molecule has 1 aliphatic carbocycles. The van der Waals surface area contributed by atoms with Gasteiger partial charge in [-0.2, -0.15) is 0 Å². The van der Waals surface area contributed by atoms with Gasteiger partial charge in [-0.15, -0.1) is 0 Å².